The zero-order valence-electron chi connectivity index (χ0n) is 11.4. The van der Waals surface area contributed by atoms with Crippen molar-refractivity contribution in [3.8, 4) is 0 Å². The van der Waals surface area contributed by atoms with Crippen LogP contribution in [0, 0.1) is 0 Å². The van der Waals surface area contributed by atoms with Crippen LogP contribution in [0.25, 0.3) is 0 Å². The van der Waals surface area contributed by atoms with Crippen molar-refractivity contribution in [1.29, 1.82) is 0 Å². The highest BCUT2D eigenvalue weighted by atomic mass is 16.5. The van der Waals surface area contributed by atoms with Crippen molar-refractivity contribution in [2.75, 3.05) is 6.54 Å². The minimum absolute atomic E-state index is 0.407. The predicted molar refractivity (Wildman–Crippen MR) is 74.7 cm³/mol. The Kier molecular flexibility index (Phi) is 5.56. The maximum Gasteiger partial charge on any atom is 0.227 e. The molecule has 1 N–H and O–H groups in total. The SMILES string of the molecule is CCCCC(NCCc1ncno1)c1ccccc1. The van der Waals surface area contributed by atoms with Gasteiger partial charge >= 0.3 is 0 Å². The number of benzene rings is 1. The summed E-state index contributed by atoms with van der Waals surface area (Å²) in [5.41, 5.74) is 1.35. The molecule has 2 rings (SSSR count). The molecule has 0 saturated carbocycles. The molecule has 0 radical (unpaired) electrons. The van der Waals surface area contributed by atoms with Gasteiger partial charge in [-0.15, -0.1) is 0 Å². The Labute approximate surface area is 114 Å². The summed E-state index contributed by atoms with van der Waals surface area (Å²) in [6.07, 6.45) is 5.82. The van der Waals surface area contributed by atoms with Gasteiger partial charge in [0.2, 0.25) is 5.89 Å². The lowest BCUT2D eigenvalue weighted by molar-refractivity contribution is 0.369. The summed E-state index contributed by atoms with van der Waals surface area (Å²) in [6.45, 7) is 3.08. The first-order valence-corrected chi connectivity index (χ1v) is 6.94. The van der Waals surface area contributed by atoms with E-state index in [2.05, 4.69) is 52.7 Å². The quantitative estimate of drug-likeness (QED) is 0.791. The van der Waals surface area contributed by atoms with Crippen LogP contribution in [-0.2, 0) is 6.42 Å². The molecule has 0 saturated heterocycles. The second-order valence-electron chi connectivity index (χ2n) is 4.64. The van der Waals surface area contributed by atoms with Crippen LogP contribution in [0.3, 0.4) is 0 Å². The summed E-state index contributed by atoms with van der Waals surface area (Å²) < 4.78 is 5.00. The molecule has 1 aromatic carbocycles. The lowest BCUT2D eigenvalue weighted by Gasteiger charge is -2.18. The van der Waals surface area contributed by atoms with Crippen LogP contribution in [0.4, 0.5) is 0 Å². The van der Waals surface area contributed by atoms with Gasteiger partial charge in [0.1, 0.15) is 0 Å². The van der Waals surface area contributed by atoms with Crippen LogP contribution in [0.15, 0.2) is 41.2 Å². The molecule has 4 nitrogen and oxygen atoms in total. The topological polar surface area (TPSA) is 51.0 Å². The van der Waals surface area contributed by atoms with E-state index in [1.54, 1.807) is 0 Å². The van der Waals surface area contributed by atoms with E-state index in [0.717, 1.165) is 19.4 Å². The number of unbranched alkanes of at least 4 members (excludes halogenated alkanes) is 1. The Morgan fingerprint density at radius 2 is 2.11 bits per heavy atom. The summed E-state index contributed by atoms with van der Waals surface area (Å²) in [4.78, 5) is 4.03. The van der Waals surface area contributed by atoms with E-state index < -0.39 is 0 Å². The first kappa shape index (κ1) is 13.7. The number of rotatable bonds is 8. The highest BCUT2D eigenvalue weighted by Crippen LogP contribution is 2.18. The number of aromatic nitrogens is 2. The Balaban J connectivity index is 1.87. The Morgan fingerprint density at radius 1 is 1.26 bits per heavy atom. The molecule has 0 fully saturated rings. The molecule has 1 atom stereocenters. The summed E-state index contributed by atoms with van der Waals surface area (Å²) in [6, 6.07) is 11.0. The number of hydrogen-bond donors (Lipinski definition) is 1. The van der Waals surface area contributed by atoms with Gasteiger partial charge in [0.25, 0.3) is 0 Å². The fourth-order valence-corrected chi connectivity index (χ4v) is 2.14. The third kappa shape index (κ3) is 4.48. The van der Waals surface area contributed by atoms with E-state index in [4.69, 9.17) is 4.52 Å². The zero-order chi connectivity index (χ0) is 13.3. The van der Waals surface area contributed by atoms with E-state index in [9.17, 15) is 0 Å². The minimum Gasteiger partial charge on any atom is -0.340 e. The molecule has 1 unspecified atom stereocenters. The monoisotopic (exact) mass is 259 g/mol. The number of nitrogens with one attached hydrogen (secondary N) is 1. The van der Waals surface area contributed by atoms with Crippen molar-refractivity contribution in [2.24, 2.45) is 0 Å². The van der Waals surface area contributed by atoms with Gasteiger partial charge in [0, 0.05) is 19.0 Å². The van der Waals surface area contributed by atoms with Crippen molar-refractivity contribution in [2.45, 2.75) is 38.6 Å². The molecule has 0 amide bonds. The van der Waals surface area contributed by atoms with Crippen molar-refractivity contribution >= 4 is 0 Å². The third-order valence-corrected chi connectivity index (χ3v) is 3.18. The molecule has 0 aliphatic rings. The van der Waals surface area contributed by atoms with Crippen molar-refractivity contribution < 1.29 is 4.52 Å². The van der Waals surface area contributed by atoms with Crippen LogP contribution >= 0.6 is 0 Å². The highest BCUT2D eigenvalue weighted by molar-refractivity contribution is 5.18. The second kappa shape index (κ2) is 7.69. The molecule has 102 valence electrons. The number of hydrogen-bond acceptors (Lipinski definition) is 4. The van der Waals surface area contributed by atoms with Crippen LogP contribution in [-0.4, -0.2) is 16.7 Å². The number of nitrogens with zero attached hydrogens (tertiary/aromatic N) is 2. The lowest BCUT2D eigenvalue weighted by atomic mass is 10.0. The van der Waals surface area contributed by atoms with Gasteiger partial charge in [-0.05, 0) is 12.0 Å². The molecule has 4 heteroatoms. The molecule has 1 aromatic heterocycles. The Morgan fingerprint density at radius 3 is 2.79 bits per heavy atom. The molecule has 0 aliphatic carbocycles. The Hall–Kier alpha value is -1.68. The van der Waals surface area contributed by atoms with E-state index in [1.807, 2.05) is 0 Å². The van der Waals surface area contributed by atoms with E-state index >= 15 is 0 Å². The Bertz CT molecular complexity index is 442. The molecule has 19 heavy (non-hydrogen) atoms. The first-order chi connectivity index (χ1) is 9.40. The lowest BCUT2D eigenvalue weighted by Crippen LogP contribution is -2.23. The molecule has 0 bridgehead atoms. The van der Waals surface area contributed by atoms with Gasteiger partial charge < -0.3 is 9.84 Å². The van der Waals surface area contributed by atoms with Gasteiger partial charge in [-0.1, -0.05) is 55.3 Å². The van der Waals surface area contributed by atoms with Crippen molar-refractivity contribution in [3.63, 3.8) is 0 Å². The molecule has 0 spiro atoms. The minimum atomic E-state index is 0.407. The molecule has 0 aliphatic heterocycles. The van der Waals surface area contributed by atoms with Crippen LogP contribution in [0.5, 0.6) is 0 Å². The highest BCUT2D eigenvalue weighted by Gasteiger charge is 2.10. The molecular formula is C15H21N3O. The summed E-state index contributed by atoms with van der Waals surface area (Å²) in [7, 11) is 0. The largest absolute Gasteiger partial charge is 0.340 e. The second-order valence-corrected chi connectivity index (χ2v) is 4.64. The predicted octanol–water partition coefficient (Wildman–Crippen LogP) is 3.13. The van der Waals surface area contributed by atoms with Crippen LogP contribution < -0.4 is 5.32 Å². The fraction of sp³-hybridized carbons (Fsp3) is 0.467. The smallest absolute Gasteiger partial charge is 0.227 e. The average Bonchev–Trinajstić information content (AvgIpc) is 2.97. The van der Waals surface area contributed by atoms with Crippen LogP contribution in [0.1, 0.15) is 43.7 Å². The summed E-state index contributed by atoms with van der Waals surface area (Å²) in [5.74, 6) is 0.690. The van der Waals surface area contributed by atoms with Gasteiger partial charge in [-0.25, -0.2) is 0 Å². The van der Waals surface area contributed by atoms with Crippen molar-refractivity contribution in [3.05, 3.63) is 48.1 Å². The van der Waals surface area contributed by atoms with E-state index in [1.165, 1.54) is 24.7 Å². The van der Waals surface area contributed by atoms with Gasteiger partial charge in [0.15, 0.2) is 6.33 Å². The van der Waals surface area contributed by atoms with E-state index in [-0.39, 0.29) is 0 Å². The zero-order valence-corrected chi connectivity index (χ0v) is 11.4. The van der Waals surface area contributed by atoms with Gasteiger partial charge in [0.05, 0.1) is 0 Å². The van der Waals surface area contributed by atoms with Gasteiger partial charge in [-0.3, -0.25) is 0 Å². The average molecular weight is 259 g/mol. The van der Waals surface area contributed by atoms with Gasteiger partial charge in [-0.2, -0.15) is 4.98 Å². The molecule has 1 heterocycles. The third-order valence-electron chi connectivity index (χ3n) is 3.18. The fourth-order valence-electron chi connectivity index (χ4n) is 2.14. The maximum atomic E-state index is 5.00. The standard InChI is InChI=1S/C15H21N3O/c1-2-3-9-14(13-7-5-4-6-8-13)16-11-10-15-17-12-18-19-15/h4-8,12,14,16H,2-3,9-11H2,1H3. The first-order valence-electron chi connectivity index (χ1n) is 6.94. The van der Waals surface area contributed by atoms with Crippen molar-refractivity contribution in [1.82, 2.24) is 15.5 Å². The van der Waals surface area contributed by atoms with Crippen LogP contribution in [0.2, 0.25) is 0 Å². The normalized spacial score (nSPS) is 12.5. The summed E-state index contributed by atoms with van der Waals surface area (Å²) in [5, 5.41) is 7.20. The summed E-state index contributed by atoms with van der Waals surface area (Å²) >= 11 is 0. The maximum absolute atomic E-state index is 5.00. The molecular weight excluding hydrogens is 238 g/mol. The molecule has 2 aromatic rings. The van der Waals surface area contributed by atoms with E-state index in [0.29, 0.717) is 11.9 Å².